The quantitative estimate of drug-likeness (QED) is 0.640. The van der Waals surface area contributed by atoms with Crippen LogP contribution in [0.2, 0.25) is 0 Å². The van der Waals surface area contributed by atoms with Gasteiger partial charge in [0.05, 0.1) is 17.1 Å². The Labute approximate surface area is 142 Å². The zero-order valence-electron chi connectivity index (χ0n) is 13.1. The number of methoxy groups -OCH3 is 1. The number of ether oxygens (including phenoxy) is 1. The maximum atomic E-state index is 12.5. The largest absolute Gasteiger partial charge is 0.507 e. The molecule has 0 saturated carbocycles. The van der Waals surface area contributed by atoms with Crippen molar-refractivity contribution >= 4 is 32.7 Å². The number of rotatable bonds is 3. The van der Waals surface area contributed by atoms with Crippen LogP contribution in [-0.4, -0.2) is 18.0 Å². The number of phenols is 1. The Morgan fingerprint density at radius 1 is 1.17 bits per heavy atom. The third-order valence-electron chi connectivity index (χ3n) is 3.24. The standard InChI is InChI=1S/C16H11BrO4.C2H6/c1-20-10-4-2-9(3-5-10)16(19)12-8-21-15-7-13(17)14(18)6-11(12)15;1-2/h2-8,18H,1H3;1-2H3. The average molecular weight is 377 g/mol. The number of hydrogen-bond acceptors (Lipinski definition) is 4. The Hall–Kier alpha value is -2.27. The van der Waals surface area contributed by atoms with Crippen LogP contribution in [0.5, 0.6) is 11.5 Å². The van der Waals surface area contributed by atoms with E-state index in [1.165, 1.54) is 12.3 Å². The van der Waals surface area contributed by atoms with Gasteiger partial charge in [-0.3, -0.25) is 4.79 Å². The molecule has 23 heavy (non-hydrogen) atoms. The minimum atomic E-state index is -0.168. The van der Waals surface area contributed by atoms with Crippen LogP contribution in [-0.2, 0) is 0 Å². The van der Waals surface area contributed by atoms with Crippen molar-refractivity contribution in [3.05, 3.63) is 58.3 Å². The summed E-state index contributed by atoms with van der Waals surface area (Å²) < 4.78 is 11.0. The predicted octanol–water partition coefficient (Wildman–Crippen LogP) is 5.17. The number of hydrogen-bond donors (Lipinski definition) is 1. The second-order valence-electron chi connectivity index (χ2n) is 4.51. The molecule has 3 rings (SSSR count). The van der Waals surface area contributed by atoms with Gasteiger partial charge in [-0.1, -0.05) is 13.8 Å². The van der Waals surface area contributed by atoms with Crippen LogP contribution in [0.25, 0.3) is 11.0 Å². The molecule has 1 heterocycles. The van der Waals surface area contributed by atoms with Crippen LogP contribution in [0, 0.1) is 0 Å². The molecular formula is C18H17BrO4. The number of aromatic hydroxyl groups is 1. The summed E-state index contributed by atoms with van der Waals surface area (Å²) >= 11 is 3.21. The lowest BCUT2D eigenvalue weighted by Gasteiger charge is -2.02. The molecule has 0 aliphatic heterocycles. The van der Waals surface area contributed by atoms with Crippen molar-refractivity contribution in [1.29, 1.82) is 0 Å². The van der Waals surface area contributed by atoms with E-state index < -0.39 is 0 Å². The normalized spacial score (nSPS) is 10.1. The summed E-state index contributed by atoms with van der Waals surface area (Å²) in [5.41, 5.74) is 1.48. The van der Waals surface area contributed by atoms with E-state index in [4.69, 9.17) is 9.15 Å². The number of benzene rings is 2. The van der Waals surface area contributed by atoms with Gasteiger partial charge in [0, 0.05) is 10.9 Å². The molecular weight excluding hydrogens is 360 g/mol. The molecule has 3 aromatic rings. The highest BCUT2D eigenvalue weighted by molar-refractivity contribution is 9.10. The fraction of sp³-hybridized carbons (Fsp3) is 0.167. The third-order valence-corrected chi connectivity index (χ3v) is 3.87. The maximum Gasteiger partial charge on any atom is 0.196 e. The van der Waals surface area contributed by atoms with Gasteiger partial charge in [0.15, 0.2) is 5.78 Å². The fourth-order valence-corrected chi connectivity index (χ4v) is 2.43. The molecule has 0 spiro atoms. The molecule has 1 N–H and O–H groups in total. The van der Waals surface area contributed by atoms with Crippen molar-refractivity contribution in [2.45, 2.75) is 13.8 Å². The van der Waals surface area contributed by atoms with E-state index in [9.17, 15) is 9.90 Å². The Morgan fingerprint density at radius 3 is 2.43 bits per heavy atom. The molecule has 1 aromatic heterocycles. The van der Waals surface area contributed by atoms with E-state index >= 15 is 0 Å². The van der Waals surface area contributed by atoms with Crippen LogP contribution < -0.4 is 4.74 Å². The molecule has 4 nitrogen and oxygen atoms in total. The van der Waals surface area contributed by atoms with Gasteiger partial charge in [-0.2, -0.15) is 0 Å². The Balaban J connectivity index is 0.000000924. The first kappa shape index (κ1) is 17.1. The number of phenolic OH excluding ortho intramolecular Hbond substituents is 1. The minimum Gasteiger partial charge on any atom is -0.507 e. The van der Waals surface area contributed by atoms with Gasteiger partial charge < -0.3 is 14.3 Å². The zero-order chi connectivity index (χ0) is 17.0. The highest BCUT2D eigenvalue weighted by Gasteiger charge is 2.17. The molecule has 5 heteroatoms. The molecule has 0 amide bonds. The van der Waals surface area contributed by atoms with Crippen molar-refractivity contribution in [1.82, 2.24) is 0 Å². The predicted molar refractivity (Wildman–Crippen MR) is 93.4 cm³/mol. The fourth-order valence-electron chi connectivity index (χ4n) is 2.11. The van der Waals surface area contributed by atoms with Crippen LogP contribution in [0.4, 0.5) is 0 Å². The second-order valence-corrected chi connectivity index (χ2v) is 5.36. The van der Waals surface area contributed by atoms with Gasteiger partial charge in [0.1, 0.15) is 23.3 Å². The summed E-state index contributed by atoms with van der Waals surface area (Å²) in [6, 6.07) is 9.99. The molecule has 0 atom stereocenters. The Bertz CT molecular complexity index is 819. The second kappa shape index (κ2) is 7.33. The number of carbonyl (C=O) groups excluding carboxylic acids is 1. The molecule has 0 aliphatic carbocycles. The number of ketones is 1. The van der Waals surface area contributed by atoms with E-state index in [1.807, 2.05) is 13.8 Å². The first-order chi connectivity index (χ1) is 11.1. The molecule has 0 radical (unpaired) electrons. The van der Waals surface area contributed by atoms with E-state index in [0.717, 1.165) is 0 Å². The molecule has 2 aromatic carbocycles. The number of halogens is 1. The van der Waals surface area contributed by atoms with Gasteiger partial charge in [0.2, 0.25) is 0 Å². The van der Waals surface area contributed by atoms with Gasteiger partial charge in [0.25, 0.3) is 0 Å². The molecule has 0 bridgehead atoms. The SMILES string of the molecule is CC.COc1ccc(C(=O)c2coc3cc(Br)c(O)cc23)cc1. The van der Waals surface area contributed by atoms with Gasteiger partial charge >= 0.3 is 0 Å². The Morgan fingerprint density at radius 2 is 1.83 bits per heavy atom. The smallest absolute Gasteiger partial charge is 0.196 e. The topological polar surface area (TPSA) is 59.7 Å². The van der Waals surface area contributed by atoms with Crippen molar-refractivity contribution < 1.29 is 19.1 Å². The first-order valence-electron chi connectivity index (χ1n) is 7.18. The highest BCUT2D eigenvalue weighted by Crippen LogP contribution is 2.33. The van der Waals surface area contributed by atoms with E-state index in [-0.39, 0.29) is 11.5 Å². The summed E-state index contributed by atoms with van der Waals surface area (Å²) in [5.74, 6) is 0.580. The lowest BCUT2D eigenvalue weighted by molar-refractivity contribution is 0.103. The molecule has 0 aliphatic rings. The van der Waals surface area contributed by atoms with E-state index in [2.05, 4.69) is 15.9 Å². The van der Waals surface area contributed by atoms with Crippen molar-refractivity contribution in [3.63, 3.8) is 0 Å². The maximum absolute atomic E-state index is 12.5. The first-order valence-corrected chi connectivity index (χ1v) is 7.98. The van der Waals surface area contributed by atoms with Gasteiger partial charge in [-0.15, -0.1) is 0 Å². The van der Waals surface area contributed by atoms with Crippen LogP contribution in [0.15, 0.2) is 51.6 Å². The molecule has 0 saturated heterocycles. The number of fused-ring (bicyclic) bond motifs is 1. The van der Waals surface area contributed by atoms with Crippen molar-refractivity contribution in [2.75, 3.05) is 7.11 Å². The van der Waals surface area contributed by atoms with Crippen LogP contribution >= 0.6 is 15.9 Å². The van der Waals surface area contributed by atoms with Crippen LogP contribution in [0.1, 0.15) is 29.8 Å². The third kappa shape index (κ3) is 3.40. The highest BCUT2D eigenvalue weighted by atomic mass is 79.9. The summed E-state index contributed by atoms with van der Waals surface area (Å²) in [7, 11) is 1.57. The van der Waals surface area contributed by atoms with Crippen molar-refractivity contribution in [2.24, 2.45) is 0 Å². The van der Waals surface area contributed by atoms with Gasteiger partial charge in [-0.05, 0) is 52.3 Å². The average Bonchev–Trinajstić information content (AvgIpc) is 2.99. The monoisotopic (exact) mass is 376 g/mol. The van der Waals surface area contributed by atoms with Crippen LogP contribution in [0.3, 0.4) is 0 Å². The summed E-state index contributed by atoms with van der Waals surface area (Å²) in [4.78, 5) is 12.5. The van der Waals surface area contributed by atoms with E-state index in [1.54, 1.807) is 37.4 Å². The summed E-state index contributed by atoms with van der Waals surface area (Å²) in [5, 5.41) is 10.3. The van der Waals surface area contributed by atoms with Gasteiger partial charge in [-0.25, -0.2) is 0 Å². The summed E-state index contributed by atoms with van der Waals surface area (Å²) in [6.07, 6.45) is 1.41. The lowest BCUT2D eigenvalue weighted by atomic mass is 10.0. The summed E-state index contributed by atoms with van der Waals surface area (Å²) in [6.45, 7) is 4.00. The Kier molecular flexibility index (Phi) is 5.45. The zero-order valence-corrected chi connectivity index (χ0v) is 14.7. The number of furan rings is 1. The molecule has 120 valence electrons. The lowest BCUT2D eigenvalue weighted by Crippen LogP contribution is -2.00. The van der Waals surface area contributed by atoms with E-state index in [0.29, 0.717) is 32.3 Å². The number of carbonyl (C=O) groups is 1. The molecule has 0 unspecified atom stereocenters. The molecule has 0 fully saturated rings. The minimum absolute atomic E-state index is 0.0627. The van der Waals surface area contributed by atoms with Crippen molar-refractivity contribution in [3.8, 4) is 11.5 Å².